The normalized spacial score (nSPS) is 17.0. The van der Waals surface area contributed by atoms with Crippen LogP contribution in [-0.4, -0.2) is 23.3 Å². The average molecular weight is 361 g/mol. The second-order valence-corrected chi connectivity index (χ2v) is 6.62. The molecule has 1 fully saturated rings. The molecule has 2 aromatic rings. The zero-order valence-electron chi connectivity index (χ0n) is 13.8. The predicted octanol–water partition coefficient (Wildman–Crippen LogP) is 3.77. The number of rotatable bonds is 4. The summed E-state index contributed by atoms with van der Waals surface area (Å²) in [6.45, 7) is 2.45. The lowest BCUT2D eigenvalue weighted by atomic mass is 10.1. The standard InChI is InChI=1S/C19H18ClFN2O2/c1-12-8-15(21)6-7-17(12)22-19(25)14-9-18(24)23(11-14)10-13-4-2-3-5-16(13)20/h2-8,14H,9-11H2,1H3,(H,22,25)/t14-/m1/s1. The number of likely N-dealkylation sites (tertiary alicyclic amines) is 1. The van der Waals surface area contributed by atoms with Crippen molar-refractivity contribution in [2.24, 2.45) is 5.92 Å². The highest BCUT2D eigenvalue weighted by Gasteiger charge is 2.34. The zero-order chi connectivity index (χ0) is 18.0. The summed E-state index contributed by atoms with van der Waals surface area (Å²) in [6, 6.07) is 11.5. The molecule has 25 heavy (non-hydrogen) atoms. The van der Waals surface area contributed by atoms with Gasteiger partial charge < -0.3 is 10.2 Å². The van der Waals surface area contributed by atoms with Crippen LogP contribution in [-0.2, 0) is 16.1 Å². The van der Waals surface area contributed by atoms with Crippen molar-refractivity contribution < 1.29 is 14.0 Å². The first-order valence-corrected chi connectivity index (χ1v) is 8.40. The number of amides is 2. The van der Waals surface area contributed by atoms with E-state index in [1.807, 2.05) is 18.2 Å². The lowest BCUT2D eigenvalue weighted by Crippen LogP contribution is -2.28. The van der Waals surface area contributed by atoms with E-state index in [0.29, 0.717) is 29.4 Å². The fourth-order valence-electron chi connectivity index (χ4n) is 2.93. The summed E-state index contributed by atoms with van der Waals surface area (Å²) in [7, 11) is 0. The fourth-order valence-corrected chi connectivity index (χ4v) is 3.13. The SMILES string of the molecule is Cc1cc(F)ccc1NC(=O)[C@@H]1CC(=O)N(Cc2ccccc2Cl)C1. The van der Waals surface area contributed by atoms with Crippen molar-refractivity contribution in [1.82, 2.24) is 4.90 Å². The third-order valence-corrected chi connectivity index (χ3v) is 4.72. The highest BCUT2D eigenvalue weighted by atomic mass is 35.5. The molecule has 2 amide bonds. The molecule has 0 saturated carbocycles. The maximum absolute atomic E-state index is 13.2. The van der Waals surface area contributed by atoms with Crippen LogP contribution in [0.2, 0.25) is 5.02 Å². The molecule has 2 aromatic carbocycles. The van der Waals surface area contributed by atoms with E-state index in [1.54, 1.807) is 17.9 Å². The number of carbonyl (C=O) groups excluding carboxylic acids is 2. The van der Waals surface area contributed by atoms with Crippen LogP contribution in [0.5, 0.6) is 0 Å². The maximum Gasteiger partial charge on any atom is 0.229 e. The van der Waals surface area contributed by atoms with Crippen molar-refractivity contribution in [2.75, 3.05) is 11.9 Å². The minimum atomic E-state index is -0.431. The van der Waals surface area contributed by atoms with Crippen LogP contribution in [0.3, 0.4) is 0 Å². The predicted molar refractivity (Wildman–Crippen MR) is 94.7 cm³/mol. The first-order chi connectivity index (χ1) is 11.9. The first-order valence-electron chi connectivity index (χ1n) is 8.02. The Morgan fingerprint density at radius 3 is 2.80 bits per heavy atom. The summed E-state index contributed by atoms with van der Waals surface area (Å²) < 4.78 is 13.2. The third kappa shape index (κ3) is 3.99. The topological polar surface area (TPSA) is 49.4 Å². The van der Waals surface area contributed by atoms with Gasteiger partial charge in [-0.1, -0.05) is 29.8 Å². The van der Waals surface area contributed by atoms with E-state index in [1.165, 1.54) is 18.2 Å². The minimum absolute atomic E-state index is 0.0732. The van der Waals surface area contributed by atoms with Gasteiger partial charge in [-0.3, -0.25) is 9.59 Å². The Balaban J connectivity index is 1.65. The number of hydrogen-bond acceptors (Lipinski definition) is 2. The summed E-state index contributed by atoms with van der Waals surface area (Å²) in [5.41, 5.74) is 2.06. The average Bonchev–Trinajstić information content (AvgIpc) is 2.93. The Labute approximate surface area is 150 Å². The summed E-state index contributed by atoms with van der Waals surface area (Å²) in [5, 5.41) is 3.39. The van der Waals surface area contributed by atoms with E-state index in [-0.39, 0.29) is 24.1 Å². The number of nitrogens with zero attached hydrogens (tertiary/aromatic N) is 1. The number of benzene rings is 2. The number of carbonyl (C=O) groups is 2. The Morgan fingerprint density at radius 2 is 2.08 bits per heavy atom. The van der Waals surface area contributed by atoms with Gasteiger partial charge in [0, 0.05) is 30.2 Å². The molecule has 1 aliphatic rings. The van der Waals surface area contributed by atoms with Crippen molar-refractivity contribution in [3.05, 3.63) is 64.4 Å². The minimum Gasteiger partial charge on any atom is -0.337 e. The van der Waals surface area contributed by atoms with Crippen molar-refractivity contribution in [1.29, 1.82) is 0 Å². The molecule has 130 valence electrons. The number of aryl methyl sites for hydroxylation is 1. The number of halogens is 2. The fraction of sp³-hybridized carbons (Fsp3) is 0.263. The molecule has 0 unspecified atom stereocenters. The smallest absolute Gasteiger partial charge is 0.229 e. The molecule has 4 nitrogen and oxygen atoms in total. The Hall–Kier alpha value is -2.40. The summed E-state index contributed by atoms with van der Waals surface area (Å²) in [6.07, 6.45) is 0.163. The second-order valence-electron chi connectivity index (χ2n) is 6.22. The number of nitrogens with one attached hydrogen (secondary N) is 1. The van der Waals surface area contributed by atoms with Crippen molar-refractivity contribution in [2.45, 2.75) is 19.9 Å². The van der Waals surface area contributed by atoms with E-state index in [9.17, 15) is 14.0 Å². The summed E-state index contributed by atoms with van der Waals surface area (Å²) in [5.74, 6) is -1.09. The van der Waals surface area contributed by atoms with Crippen molar-refractivity contribution in [3.63, 3.8) is 0 Å². The van der Waals surface area contributed by atoms with E-state index >= 15 is 0 Å². The molecule has 3 rings (SSSR count). The molecule has 1 atom stereocenters. The largest absolute Gasteiger partial charge is 0.337 e. The molecule has 1 N–H and O–H groups in total. The number of anilines is 1. The molecule has 1 heterocycles. The van der Waals surface area contributed by atoms with Crippen LogP contribution in [0.25, 0.3) is 0 Å². The molecular formula is C19H18ClFN2O2. The first kappa shape index (κ1) is 17.4. The van der Waals surface area contributed by atoms with Gasteiger partial charge in [0.2, 0.25) is 11.8 Å². The quantitative estimate of drug-likeness (QED) is 0.902. The maximum atomic E-state index is 13.2. The van der Waals surface area contributed by atoms with Crippen LogP contribution in [0.4, 0.5) is 10.1 Å². The van der Waals surface area contributed by atoms with Gasteiger partial charge in [0.25, 0.3) is 0 Å². The molecule has 0 radical (unpaired) electrons. The van der Waals surface area contributed by atoms with E-state index < -0.39 is 5.92 Å². The van der Waals surface area contributed by atoms with E-state index in [2.05, 4.69) is 5.32 Å². The van der Waals surface area contributed by atoms with Gasteiger partial charge in [-0.25, -0.2) is 4.39 Å². The highest BCUT2D eigenvalue weighted by molar-refractivity contribution is 6.31. The van der Waals surface area contributed by atoms with Crippen LogP contribution < -0.4 is 5.32 Å². The van der Waals surface area contributed by atoms with Gasteiger partial charge in [0.1, 0.15) is 5.82 Å². The molecule has 0 bridgehead atoms. The van der Waals surface area contributed by atoms with Gasteiger partial charge in [0.05, 0.1) is 5.92 Å². The van der Waals surface area contributed by atoms with E-state index in [4.69, 9.17) is 11.6 Å². The summed E-state index contributed by atoms with van der Waals surface area (Å²) in [4.78, 5) is 26.3. The Kier molecular flexibility index (Phi) is 5.04. The van der Waals surface area contributed by atoms with Gasteiger partial charge >= 0.3 is 0 Å². The van der Waals surface area contributed by atoms with Crippen LogP contribution in [0.1, 0.15) is 17.5 Å². The molecule has 0 aliphatic carbocycles. The molecular weight excluding hydrogens is 343 g/mol. The monoisotopic (exact) mass is 360 g/mol. The Morgan fingerprint density at radius 1 is 1.32 bits per heavy atom. The zero-order valence-corrected chi connectivity index (χ0v) is 14.5. The van der Waals surface area contributed by atoms with Gasteiger partial charge in [-0.2, -0.15) is 0 Å². The van der Waals surface area contributed by atoms with Crippen LogP contribution in [0, 0.1) is 18.7 Å². The van der Waals surface area contributed by atoms with E-state index in [0.717, 1.165) is 5.56 Å². The molecule has 1 saturated heterocycles. The highest BCUT2D eigenvalue weighted by Crippen LogP contribution is 2.25. The third-order valence-electron chi connectivity index (χ3n) is 4.35. The molecule has 0 spiro atoms. The van der Waals surface area contributed by atoms with Crippen molar-refractivity contribution >= 4 is 29.1 Å². The van der Waals surface area contributed by atoms with Crippen LogP contribution in [0.15, 0.2) is 42.5 Å². The molecule has 6 heteroatoms. The lowest BCUT2D eigenvalue weighted by Gasteiger charge is -2.17. The Bertz CT molecular complexity index is 825. The number of hydrogen-bond donors (Lipinski definition) is 1. The van der Waals surface area contributed by atoms with Crippen molar-refractivity contribution in [3.8, 4) is 0 Å². The van der Waals surface area contributed by atoms with Crippen LogP contribution >= 0.6 is 11.6 Å². The molecule has 1 aliphatic heterocycles. The van der Waals surface area contributed by atoms with Gasteiger partial charge in [-0.15, -0.1) is 0 Å². The van der Waals surface area contributed by atoms with Gasteiger partial charge in [-0.05, 0) is 42.3 Å². The summed E-state index contributed by atoms with van der Waals surface area (Å²) >= 11 is 6.14. The molecule has 0 aromatic heterocycles. The van der Waals surface area contributed by atoms with Gasteiger partial charge in [0.15, 0.2) is 0 Å². The lowest BCUT2D eigenvalue weighted by molar-refractivity contribution is -0.128. The second kappa shape index (κ2) is 7.23.